The van der Waals surface area contributed by atoms with Crippen LogP contribution in [-0.2, 0) is 38.1 Å². The number of ether oxygens (including phenoxy) is 4. The predicted octanol–water partition coefficient (Wildman–Crippen LogP) is 0.321. The van der Waals surface area contributed by atoms with Gasteiger partial charge in [0.05, 0.1) is 25.9 Å². The summed E-state index contributed by atoms with van der Waals surface area (Å²) in [4.78, 5) is 46.9. The molecule has 0 saturated heterocycles. The maximum atomic E-state index is 11.8. The minimum absolute atomic E-state index is 0.0692. The number of esters is 4. The van der Waals surface area contributed by atoms with E-state index in [0.29, 0.717) is 12.8 Å². The van der Waals surface area contributed by atoms with Gasteiger partial charge in [0, 0.05) is 12.8 Å². The van der Waals surface area contributed by atoms with Crippen LogP contribution in [0.2, 0.25) is 0 Å². The zero-order valence-electron chi connectivity index (χ0n) is 19.7. The molecular weight excluding hydrogens is 420 g/mol. The fraction of sp³-hybridized carbons (Fsp3) is 0.818. The van der Waals surface area contributed by atoms with Gasteiger partial charge in [0.1, 0.15) is 25.4 Å². The van der Waals surface area contributed by atoms with Gasteiger partial charge in [-0.05, 0) is 52.4 Å². The van der Waals surface area contributed by atoms with Gasteiger partial charge >= 0.3 is 23.9 Å². The van der Waals surface area contributed by atoms with Crippen molar-refractivity contribution >= 4 is 23.9 Å². The molecule has 0 rings (SSSR count). The van der Waals surface area contributed by atoms with Crippen LogP contribution >= 0.6 is 0 Å². The van der Waals surface area contributed by atoms with E-state index in [1.807, 2.05) is 0 Å². The molecule has 2 atom stereocenters. The highest BCUT2D eigenvalue weighted by atomic mass is 16.6. The topological polar surface area (TPSA) is 160 Å². The van der Waals surface area contributed by atoms with Gasteiger partial charge in [-0.1, -0.05) is 0 Å². The third-order valence-electron chi connectivity index (χ3n) is 4.42. The highest BCUT2D eigenvalue weighted by molar-refractivity contribution is 5.77. The summed E-state index contributed by atoms with van der Waals surface area (Å²) in [6.07, 6.45) is 4.55. The molecule has 0 aliphatic heterocycles. The Labute approximate surface area is 190 Å². The van der Waals surface area contributed by atoms with Crippen LogP contribution in [0.3, 0.4) is 0 Å². The molecule has 0 aromatic rings. The third kappa shape index (κ3) is 18.6. The van der Waals surface area contributed by atoms with E-state index >= 15 is 0 Å². The van der Waals surface area contributed by atoms with E-state index < -0.39 is 24.1 Å². The lowest BCUT2D eigenvalue weighted by molar-refractivity contribution is -0.368. The summed E-state index contributed by atoms with van der Waals surface area (Å²) in [6.45, 7) is 4.83. The third-order valence-corrected chi connectivity index (χ3v) is 4.42. The first kappa shape index (κ1) is 29.8. The number of unbranched alkanes of at least 4 members (excludes halogenated alkanes) is 4. The first-order valence-electron chi connectivity index (χ1n) is 11.6. The van der Waals surface area contributed by atoms with Crippen LogP contribution in [0, 0.1) is 0 Å². The zero-order valence-corrected chi connectivity index (χ0v) is 19.7. The molecular formula is C22H42N2O8+2. The summed E-state index contributed by atoms with van der Waals surface area (Å²) in [5.41, 5.74) is 7.49. The van der Waals surface area contributed by atoms with Crippen LogP contribution in [0.1, 0.15) is 78.1 Å². The lowest BCUT2D eigenvalue weighted by Crippen LogP contribution is -2.50. The van der Waals surface area contributed by atoms with Crippen molar-refractivity contribution in [3.05, 3.63) is 0 Å². The van der Waals surface area contributed by atoms with Gasteiger partial charge in [0.15, 0.2) is 0 Å². The van der Waals surface area contributed by atoms with Crippen molar-refractivity contribution in [2.75, 3.05) is 26.3 Å². The Bertz CT molecular complexity index is 508. The summed E-state index contributed by atoms with van der Waals surface area (Å²) in [6, 6.07) is 0. The van der Waals surface area contributed by atoms with Gasteiger partial charge in [0.2, 0.25) is 0 Å². The summed E-state index contributed by atoms with van der Waals surface area (Å²) in [5.74, 6) is -1.81. The first-order chi connectivity index (χ1) is 15.3. The standard InChI is InChI=1S/C22H40N2O8/c1-17(31-21(27)9-5-3-7-13-23)15-29-19(25)11-12-20(26)30-16-18(2)32-22(28)10-6-4-8-14-24/h17-18H,3-16,23-24H2,1-2H3/p+2. The Kier molecular flexibility index (Phi) is 18.1. The fourth-order valence-corrected chi connectivity index (χ4v) is 2.65. The molecule has 0 aromatic heterocycles. The Balaban J connectivity index is 3.84. The molecule has 0 radical (unpaired) electrons. The van der Waals surface area contributed by atoms with Crippen molar-refractivity contribution in [2.45, 2.75) is 90.3 Å². The van der Waals surface area contributed by atoms with Gasteiger partial charge in [-0.25, -0.2) is 0 Å². The van der Waals surface area contributed by atoms with E-state index in [-0.39, 0.29) is 38.0 Å². The SMILES string of the molecule is CC(COC(=O)CCC(=O)OCC(C)OC(=O)CCCCC[NH3+])OC(=O)CCCCC[NH3+]. The maximum absolute atomic E-state index is 11.8. The number of carbonyl (C=O) groups excluding carboxylic acids is 4. The van der Waals surface area contributed by atoms with E-state index in [4.69, 9.17) is 18.9 Å². The Hall–Kier alpha value is -2.20. The van der Waals surface area contributed by atoms with Crippen LogP contribution in [0.4, 0.5) is 0 Å². The van der Waals surface area contributed by atoms with Crippen LogP contribution in [-0.4, -0.2) is 62.4 Å². The van der Waals surface area contributed by atoms with E-state index in [2.05, 4.69) is 11.5 Å². The molecule has 0 aromatic carbocycles. The van der Waals surface area contributed by atoms with E-state index in [1.54, 1.807) is 13.8 Å². The summed E-state index contributed by atoms with van der Waals surface area (Å²) in [7, 11) is 0. The van der Waals surface area contributed by atoms with Crippen molar-refractivity contribution in [3.8, 4) is 0 Å². The second-order valence-corrected chi connectivity index (χ2v) is 7.80. The van der Waals surface area contributed by atoms with Crippen LogP contribution in [0.15, 0.2) is 0 Å². The highest BCUT2D eigenvalue weighted by Gasteiger charge is 2.15. The average Bonchev–Trinajstić information content (AvgIpc) is 2.75. The lowest BCUT2D eigenvalue weighted by atomic mass is 10.2. The molecule has 2 unspecified atom stereocenters. The van der Waals surface area contributed by atoms with Crippen LogP contribution in [0.25, 0.3) is 0 Å². The summed E-state index contributed by atoms with van der Waals surface area (Å²) >= 11 is 0. The second kappa shape index (κ2) is 19.5. The van der Waals surface area contributed by atoms with Crippen molar-refractivity contribution in [3.63, 3.8) is 0 Å². The first-order valence-corrected chi connectivity index (χ1v) is 11.6. The lowest BCUT2D eigenvalue weighted by Gasteiger charge is -2.14. The molecule has 0 heterocycles. The van der Waals surface area contributed by atoms with Gasteiger partial charge in [-0.15, -0.1) is 0 Å². The largest absolute Gasteiger partial charge is 0.462 e. The number of rotatable bonds is 19. The van der Waals surface area contributed by atoms with Gasteiger partial charge in [-0.2, -0.15) is 0 Å². The molecule has 0 aliphatic carbocycles. The van der Waals surface area contributed by atoms with Crippen LogP contribution in [0.5, 0.6) is 0 Å². The van der Waals surface area contributed by atoms with E-state index in [9.17, 15) is 19.2 Å². The fourth-order valence-electron chi connectivity index (χ4n) is 2.65. The van der Waals surface area contributed by atoms with E-state index in [1.165, 1.54) is 0 Å². The molecule has 0 aliphatic rings. The molecule has 0 saturated carbocycles. The zero-order chi connectivity index (χ0) is 24.2. The predicted molar refractivity (Wildman–Crippen MR) is 115 cm³/mol. The normalized spacial score (nSPS) is 12.5. The Morgan fingerprint density at radius 1 is 0.562 bits per heavy atom. The number of quaternary nitrogens is 2. The summed E-state index contributed by atoms with van der Waals surface area (Å²) < 4.78 is 20.4. The maximum Gasteiger partial charge on any atom is 0.306 e. The molecule has 0 spiro atoms. The molecule has 10 nitrogen and oxygen atoms in total. The van der Waals surface area contributed by atoms with Crippen molar-refractivity contribution in [2.24, 2.45) is 0 Å². The van der Waals surface area contributed by atoms with Crippen molar-refractivity contribution < 1.29 is 49.6 Å². The van der Waals surface area contributed by atoms with E-state index in [0.717, 1.165) is 51.6 Å². The molecule has 10 heteroatoms. The number of carbonyl (C=O) groups is 4. The average molecular weight is 463 g/mol. The van der Waals surface area contributed by atoms with Crippen molar-refractivity contribution in [1.82, 2.24) is 0 Å². The van der Waals surface area contributed by atoms with Gasteiger partial charge in [-0.3, -0.25) is 19.2 Å². The molecule has 32 heavy (non-hydrogen) atoms. The minimum Gasteiger partial charge on any atom is -0.462 e. The van der Waals surface area contributed by atoms with Gasteiger partial charge < -0.3 is 30.4 Å². The van der Waals surface area contributed by atoms with Gasteiger partial charge in [0.25, 0.3) is 0 Å². The Morgan fingerprint density at radius 3 is 1.28 bits per heavy atom. The minimum atomic E-state index is -0.581. The quantitative estimate of drug-likeness (QED) is 0.158. The summed E-state index contributed by atoms with van der Waals surface area (Å²) in [5, 5.41) is 0. The smallest absolute Gasteiger partial charge is 0.306 e. The number of hydrogen-bond acceptors (Lipinski definition) is 8. The second-order valence-electron chi connectivity index (χ2n) is 7.80. The molecule has 0 amide bonds. The molecule has 186 valence electrons. The van der Waals surface area contributed by atoms with Crippen LogP contribution < -0.4 is 11.5 Å². The monoisotopic (exact) mass is 462 g/mol. The number of hydrogen-bond donors (Lipinski definition) is 2. The molecule has 0 fully saturated rings. The molecule has 6 N–H and O–H groups in total. The Morgan fingerprint density at radius 2 is 0.938 bits per heavy atom. The van der Waals surface area contributed by atoms with Crippen molar-refractivity contribution in [1.29, 1.82) is 0 Å². The molecule has 0 bridgehead atoms. The highest BCUT2D eigenvalue weighted by Crippen LogP contribution is 2.05.